The zero-order chi connectivity index (χ0) is 22.1. The van der Waals surface area contributed by atoms with Crippen molar-refractivity contribution in [3.63, 3.8) is 0 Å². The summed E-state index contributed by atoms with van der Waals surface area (Å²) >= 11 is 0. The predicted octanol–water partition coefficient (Wildman–Crippen LogP) is 4.13. The van der Waals surface area contributed by atoms with Crippen molar-refractivity contribution < 1.29 is 27.8 Å². The van der Waals surface area contributed by atoms with Crippen LogP contribution in [0.2, 0.25) is 0 Å². The fraction of sp³-hybridized carbons (Fsp3) is 0.364. The number of carbonyl (C=O) groups excluding carboxylic acids is 1. The van der Waals surface area contributed by atoms with Gasteiger partial charge in [0.15, 0.2) is 6.61 Å². The minimum Gasteiger partial charge on any atom is -0.484 e. The monoisotopic (exact) mass is 420 g/mol. The molecule has 0 unspecified atom stereocenters. The largest absolute Gasteiger partial charge is 0.484 e. The maximum absolute atomic E-state index is 13.7. The van der Waals surface area contributed by atoms with E-state index in [0.29, 0.717) is 11.3 Å². The fourth-order valence-corrected chi connectivity index (χ4v) is 3.13. The molecule has 1 atom stereocenters. The molecule has 0 saturated carbocycles. The van der Waals surface area contributed by atoms with E-state index in [4.69, 9.17) is 4.74 Å². The van der Waals surface area contributed by atoms with Crippen molar-refractivity contribution in [1.29, 1.82) is 0 Å². The van der Waals surface area contributed by atoms with E-state index in [1.54, 1.807) is 42.5 Å². The standard InChI is InChI=1S/C22H23F3N2O3/c1-4-16-6-8-17(9-7-16)19-12-21(29,22(23,24)25)27(26-19)20(28)13-30-18-10-5-14(2)15(3)11-18/h5-11,29H,4,12-13H2,1-3H3/t21-/m0/s1. The third-order valence-corrected chi connectivity index (χ3v) is 5.21. The Hall–Kier alpha value is -2.87. The van der Waals surface area contributed by atoms with Gasteiger partial charge < -0.3 is 9.84 Å². The zero-order valence-electron chi connectivity index (χ0n) is 17.0. The summed E-state index contributed by atoms with van der Waals surface area (Å²) in [4.78, 5) is 12.5. The number of alkyl halides is 3. The van der Waals surface area contributed by atoms with Gasteiger partial charge in [-0.05, 0) is 54.7 Å². The summed E-state index contributed by atoms with van der Waals surface area (Å²) in [7, 11) is 0. The summed E-state index contributed by atoms with van der Waals surface area (Å²) in [6.45, 7) is 5.03. The van der Waals surface area contributed by atoms with Crippen LogP contribution in [0.5, 0.6) is 5.75 Å². The van der Waals surface area contributed by atoms with Crippen LogP contribution >= 0.6 is 0 Å². The molecule has 160 valence electrons. The lowest BCUT2D eigenvalue weighted by Crippen LogP contribution is -2.57. The van der Waals surface area contributed by atoms with Crippen molar-refractivity contribution in [3.8, 4) is 5.75 Å². The summed E-state index contributed by atoms with van der Waals surface area (Å²) in [5.74, 6) is -0.742. The average Bonchev–Trinajstić information content (AvgIpc) is 3.08. The number of nitrogens with zero attached hydrogens (tertiary/aromatic N) is 2. The van der Waals surface area contributed by atoms with Crippen molar-refractivity contribution in [2.75, 3.05) is 6.61 Å². The van der Waals surface area contributed by atoms with Crippen molar-refractivity contribution in [3.05, 3.63) is 64.7 Å². The Kier molecular flexibility index (Phi) is 5.90. The first-order valence-corrected chi connectivity index (χ1v) is 9.54. The van der Waals surface area contributed by atoms with Crippen molar-refractivity contribution in [1.82, 2.24) is 5.01 Å². The number of benzene rings is 2. The highest BCUT2D eigenvalue weighted by Crippen LogP contribution is 2.41. The van der Waals surface area contributed by atoms with Crippen LogP contribution in [-0.4, -0.2) is 40.2 Å². The lowest BCUT2D eigenvalue weighted by Gasteiger charge is -2.32. The van der Waals surface area contributed by atoms with Gasteiger partial charge in [0, 0.05) is 0 Å². The average molecular weight is 420 g/mol. The normalized spacial score (nSPS) is 19.0. The third-order valence-electron chi connectivity index (χ3n) is 5.21. The second-order valence-electron chi connectivity index (χ2n) is 7.33. The molecule has 1 aliphatic heterocycles. The lowest BCUT2D eigenvalue weighted by atomic mass is 9.99. The van der Waals surface area contributed by atoms with Crippen molar-refractivity contribution in [2.45, 2.75) is 45.5 Å². The van der Waals surface area contributed by atoms with Crippen LogP contribution in [0.25, 0.3) is 0 Å². The first kappa shape index (κ1) is 21.8. The van der Waals surface area contributed by atoms with Crippen LogP contribution in [0.3, 0.4) is 0 Å². The van der Waals surface area contributed by atoms with Gasteiger partial charge in [0.1, 0.15) is 5.75 Å². The minimum atomic E-state index is -5.09. The first-order chi connectivity index (χ1) is 14.0. The minimum absolute atomic E-state index is 0.0167. The highest BCUT2D eigenvalue weighted by Gasteiger charge is 2.63. The number of aryl methyl sites for hydroxylation is 3. The molecular formula is C22H23F3N2O3. The number of halogens is 3. The second-order valence-corrected chi connectivity index (χ2v) is 7.33. The number of aliphatic hydroxyl groups is 1. The van der Waals surface area contributed by atoms with Gasteiger partial charge in [0.25, 0.3) is 11.6 Å². The molecule has 0 spiro atoms. The van der Waals surface area contributed by atoms with E-state index < -0.39 is 30.8 Å². The van der Waals surface area contributed by atoms with E-state index in [2.05, 4.69) is 5.10 Å². The molecule has 0 radical (unpaired) electrons. The Morgan fingerprint density at radius 1 is 1.17 bits per heavy atom. The highest BCUT2D eigenvalue weighted by atomic mass is 19.4. The number of carbonyl (C=O) groups is 1. The second kappa shape index (κ2) is 8.10. The van der Waals surface area contributed by atoms with Crippen LogP contribution in [-0.2, 0) is 11.2 Å². The summed E-state index contributed by atoms with van der Waals surface area (Å²) < 4.78 is 46.4. The van der Waals surface area contributed by atoms with Crippen LogP contribution in [0, 0.1) is 13.8 Å². The molecule has 1 N–H and O–H groups in total. The molecule has 0 saturated heterocycles. The van der Waals surface area contributed by atoms with E-state index in [1.807, 2.05) is 20.8 Å². The van der Waals surface area contributed by atoms with Crippen LogP contribution < -0.4 is 4.74 Å². The number of hydrogen-bond acceptors (Lipinski definition) is 4. The van der Waals surface area contributed by atoms with Gasteiger partial charge in [-0.1, -0.05) is 37.3 Å². The van der Waals surface area contributed by atoms with E-state index in [-0.39, 0.29) is 10.7 Å². The SMILES string of the molecule is CCc1ccc(C2=NN(C(=O)COc3ccc(C)c(C)c3)[C@@](O)(C(F)(F)F)C2)cc1. The van der Waals surface area contributed by atoms with Gasteiger partial charge in [-0.25, -0.2) is 0 Å². The van der Waals surface area contributed by atoms with Gasteiger partial charge in [0.05, 0.1) is 12.1 Å². The molecule has 0 aromatic heterocycles. The Bertz CT molecular complexity index is 971. The quantitative estimate of drug-likeness (QED) is 0.791. The summed E-state index contributed by atoms with van der Waals surface area (Å²) in [5, 5.41) is 14.3. The Balaban J connectivity index is 1.84. The van der Waals surface area contributed by atoms with Gasteiger partial charge in [0.2, 0.25) is 0 Å². The molecule has 0 fully saturated rings. The van der Waals surface area contributed by atoms with Gasteiger partial charge >= 0.3 is 6.18 Å². The molecule has 1 amide bonds. The highest BCUT2D eigenvalue weighted by molar-refractivity contribution is 6.03. The Morgan fingerprint density at radius 3 is 2.40 bits per heavy atom. The Labute approximate surface area is 172 Å². The molecule has 3 rings (SSSR count). The van der Waals surface area contributed by atoms with Gasteiger partial charge in [-0.15, -0.1) is 0 Å². The molecule has 0 aliphatic carbocycles. The maximum atomic E-state index is 13.7. The summed E-state index contributed by atoms with van der Waals surface area (Å²) in [6.07, 6.45) is -5.16. The Morgan fingerprint density at radius 2 is 1.83 bits per heavy atom. The van der Waals surface area contributed by atoms with Crippen LogP contribution in [0.4, 0.5) is 13.2 Å². The molecule has 2 aromatic carbocycles. The number of hydrazone groups is 1. The van der Waals surface area contributed by atoms with Crippen molar-refractivity contribution >= 4 is 11.6 Å². The number of hydrogen-bond donors (Lipinski definition) is 1. The van der Waals surface area contributed by atoms with E-state index in [9.17, 15) is 23.1 Å². The summed E-state index contributed by atoms with van der Waals surface area (Å²) in [5.41, 5.74) is -0.0720. The lowest BCUT2D eigenvalue weighted by molar-refractivity contribution is -0.302. The smallest absolute Gasteiger partial charge is 0.438 e. The molecule has 1 aliphatic rings. The molecule has 5 nitrogen and oxygen atoms in total. The van der Waals surface area contributed by atoms with Crippen LogP contribution in [0.15, 0.2) is 47.6 Å². The topological polar surface area (TPSA) is 62.1 Å². The number of ether oxygens (including phenoxy) is 1. The van der Waals surface area contributed by atoms with E-state index in [0.717, 1.165) is 23.1 Å². The van der Waals surface area contributed by atoms with Crippen LogP contribution in [0.1, 0.15) is 35.6 Å². The number of rotatable bonds is 5. The molecule has 2 aromatic rings. The number of amides is 1. The zero-order valence-corrected chi connectivity index (χ0v) is 17.0. The summed E-state index contributed by atoms with van der Waals surface area (Å²) in [6, 6.07) is 11.9. The van der Waals surface area contributed by atoms with E-state index in [1.165, 1.54) is 0 Å². The maximum Gasteiger partial charge on any atom is 0.438 e. The molecule has 1 heterocycles. The fourth-order valence-electron chi connectivity index (χ4n) is 3.13. The van der Waals surface area contributed by atoms with E-state index >= 15 is 0 Å². The van der Waals surface area contributed by atoms with Crippen molar-refractivity contribution in [2.24, 2.45) is 5.10 Å². The van der Waals surface area contributed by atoms with Gasteiger partial charge in [-0.2, -0.15) is 23.3 Å². The van der Waals surface area contributed by atoms with Gasteiger partial charge in [-0.3, -0.25) is 4.79 Å². The molecule has 0 bridgehead atoms. The first-order valence-electron chi connectivity index (χ1n) is 9.54. The predicted molar refractivity (Wildman–Crippen MR) is 106 cm³/mol. The molecule has 30 heavy (non-hydrogen) atoms. The molecule has 8 heteroatoms. The third kappa shape index (κ3) is 4.18. The molecular weight excluding hydrogens is 397 g/mol.